The van der Waals surface area contributed by atoms with Crippen LogP contribution in [0.2, 0.25) is 0 Å². The van der Waals surface area contributed by atoms with Crippen LogP contribution in [-0.4, -0.2) is 65.7 Å². The number of carbonyl (C=O) groups is 3. The SMILES string of the molecule is O=C1NCC(C(=O)N2CCN(c3ccc(C4CC4)nn3)CC2)C(=O)N1. The Bertz CT molecular complexity index is 694. The monoisotopic (exact) mass is 344 g/mol. The van der Waals surface area contributed by atoms with E-state index in [1.165, 1.54) is 12.8 Å². The normalized spacial score (nSPS) is 23.9. The number of urea groups is 1. The molecule has 4 amide bonds. The number of hydrogen-bond acceptors (Lipinski definition) is 6. The van der Waals surface area contributed by atoms with Gasteiger partial charge in [-0.3, -0.25) is 14.9 Å². The van der Waals surface area contributed by atoms with Crippen LogP contribution in [-0.2, 0) is 9.59 Å². The van der Waals surface area contributed by atoms with E-state index in [0.717, 1.165) is 11.5 Å². The molecule has 3 heterocycles. The highest BCUT2D eigenvalue weighted by Gasteiger charge is 2.36. The summed E-state index contributed by atoms with van der Waals surface area (Å²) < 4.78 is 0. The van der Waals surface area contributed by atoms with Crippen LogP contribution in [0.5, 0.6) is 0 Å². The van der Waals surface area contributed by atoms with Crippen LogP contribution < -0.4 is 15.5 Å². The Balaban J connectivity index is 1.33. The number of aromatic nitrogens is 2. The van der Waals surface area contributed by atoms with Gasteiger partial charge < -0.3 is 15.1 Å². The van der Waals surface area contributed by atoms with Crippen LogP contribution in [0.4, 0.5) is 10.6 Å². The van der Waals surface area contributed by atoms with Crippen molar-refractivity contribution in [3.8, 4) is 0 Å². The first kappa shape index (κ1) is 15.8. The number of carbonyl (C=O) groups excluding carboxylic acids is 3. The van der Waals surface area contributed by atoms with Crippen molar-refractivity contribution in [3.05, 3.63) is 17.8 Å². The molecule has 9 nitrogen and oxygen atoms in total. The minimum absolute atomic E-state index is 0.0534. The van der Waals surface area contributed by atoms with Gasteiger partial charge in [-0.15, -0.1) is 5.10 Å². The summed E-state index contributed by atoms with van der Waals surface area (Å²) in [6.07, 6.45) is 2.40. The van der Waals surface area contributed by atoms with E-state index >= 15 is 0 Å². The average Bonchev–Trinajstić information content (AvgIpc) is 3.47. The molecule has 9 heteroatoms. The van der Waals surface area contributed by atoms with Gasteiger partial charge in [0.2, 0.25) is 11.8 Å². The van der Waals surface area contributed by atoms with Crippen molar-refractivity contribution < 1.29 is 14.4 Å². The van der Waals surface area contributed by atoms with E-state index in [0.29, 0.717) is 32.1 Å². The molecular formula is C16H20N6O3. The average molecular weight is 344 g/mol. The molecule has 0 aromatic carbocycles. The molecule has 4 rings (SSSR count). The first-order valence-corrected chi connectivity index (χ1v) is 8.58. The van der Waals surface area contributed by atoms with E-state index in [4.69, 9.17) is 0 Å². The molecule has 132 valence electrons. The van der Waals surface area contributed by atoms with Crippen molar-refractivity contribution >= 4 is 23.7 Å². The zero-order chi connectivity index (χ0) is 17.4. The van der Waals surface area contributed by atoms with Gasteiger partial charge >= 0.3 is 6.03 Å². The van der Waals surface area contributed by atoms with Gasteiger partial charge in [0.15, 0.2) is 5.82 Å². The van der Waals surface area contributed by atoms with Crippen molar-refractivity contribution in [3.63, 3.8) is 0 Å². The fourth-order valence-corrected chi connectivity index (χ4v) is 3.21. The number of amides is 4. The summed E-state index contributed by atoms with van der Waals surface area (Å²) in [6, 6.07) is 3.47. The number of nitrogens with zero attached hydrogens (tertiary/aromatic N) is 4. The van der Waals surface area contributed by atoms with Crippen LogP contribution in [0.25, 0.3) is 0 Å². The van der Waals surface area contributed by atoms with E-state index in [9.17, 15) is 14.4 Å². The molecule has 0 spiro atoms. The highest BCUT2D eigenvalue weighted by molar-refractivity contribution is 6.08. The molecule has 1 atom stereocenters. The molecule has 1 unspecified atom stereocenters. The van der Waals surface area contributed by atoms with Crippen molar-refractivity contribution in [2.45, 2.75) is 18.8 Å². The van der Waals surface area contributed by atoms with E-state index in [2.05, 4.69) is 25.7 Å². The summed E-state index contributed by atoms with van der Waals surface area (Å²) in [6.45, 7) is 2.37. The zero-order valence-corrected chi connectivity index (χ0v) is 13.8. The molecule has 1 aliphatic carbocycles. The number of hydrogen-bond donors (Lipinski definition) is 2. The van der Waals surface area contributed by atoms with Gasteiger partial charge in [-0.1, -0.05) is 0 Å². The Morgan fingerprint density at radius 1 is 1.08 bits per heavy atom. The molecule has 0 radical (unpaired) electrons. The predicted molar refractivity (Wildman–Crippen MR) is 87.8 cm³/mol. The summed E-state index contributed by atoms with van der Waals surface area (Å²) >= 11 is 0. The first-order chi connectivity index (χ1) is 12.1. The Morgan fingerprint density at radius 2 is 1.84 bits per heavy atom. The van der Waals surface area contributed by atoms with Crippen molar-refractivity contribution in [1.29, 1.82) is 0 Å². The third-order valence-corrected chi connectivity index (χ3v) is 4.90. The van der Waals surface area contributed by atoms with Crippen molar-refractivity contribution in [1.82, 2.24) is 25.7 Å². The maximum atomic E-state index is 12.5. The molecule has 1 aromatic rings. The van der Waals surface area contributed by atoms with E-state index < -0.39 is 17.9 Å². The minimum Gasteiger partial charge on any atom is -0.352 e. The fourth-order valence-electron chi connectivity index (χ4n) is 3.21. The lowest BCUT2D eigenvalue weighted by Gasteiger charge is -2.37. The van der Waals surface area contributed by atoms with Crippen molar-refractivity contribution in [2.75, 3.05) is 37.6 Å². The molecule has 0 bridgehead atoms. The molecule has 25 heavy (non-hydrogen) atoms. The first-order valence-electron chi connectivity index (χ1n) is 8.58. The van der Waals surface area contributed by atoms with Gasteiger partial charge in [0.1, 0.15) is 5.92 Å². The van der Waals surface area contributed by atoms with E-state index in [-0.39, 0.29) is 12.5 Å². The highest BCUT2D eigenvalue weighted by Crippen LogP contribution is 2.38. The second-order valence-corrected chi connectivity index (χ2v) is 6.65. The Kier molecular flexibility index (Phi) is 3.98. The highest BCUT2D eigenvalue weighted by atomic mass is 16.2. The lowest BCUT2D eigenvalue weighted by Crippen LogP contribution is -2.59. The molecule has 3 fully saturated rings. The van der Waals surface area contributed by atoms with Gasteiger partial charge in [-0.25, -0.2) is 4.79 Å². The predicted octanol–water partition coefficient (Wildman–Crippen LogP) is -0.542. The Morgan fingerprint density at radius 3 is 2.44 bits per heavy atom. The summed E-state index contributed by atoms with van der Waals surface area (Å²) in [5.41, 5.74) is 1.06. The van der Waals surface area contributed by atoms with Crippen molar-refractivity contribution in [2.24, 2.45) is 5.92 Å². The third kappa shape index (κ3) is 3.26. The van der Waals surface area contributed by atoms with E-state index in [1.54, 1.807) is 4.90 Å². The van der Waals surface area contributed by atoms with E-state index in [1.807, 2.05) is 12.1 Å². The number of nitrogens with one attached hydrogen (secondary N) is 2. The van der Waals surface area contributed by atoms with Crippen LogP contribution in [0.1, 0.15) is 24.5 Å². The Hall–Kier alpha value is -2.71. The number of anilines is 1. The second-order valence-electron chi connectivity index (χ2n) is 6.65. The molecule has 2 N–H and O–H groups in total. The van der Waals surface area contributed by atoms with Gasteiger partial charge in [0.05, 0.1) is 5.69 Å². The zero-order valence-electron chi connectivity index (χ0n) is 13.8. The van der Waals surface area contributed by atoms with Gasteiger partial charge in [0.25, 0.3) is 0 Å². The molecule has 2 saturated heterocycles. The number of piperazine rings is 1. The largest absolute Gasteiger partial charge is 0.352 e. The fraction of sp³-hybridized carbons (Fsp3) is 0.562. The van der Waals surface area contributed by atoms with Crippen LogP contribution in [0.3, 0.4) is 0 Å². The van der Waals surface area contributed by atoms with Gasteiger partial charge in [-0.2, -0.15) is 5.10 Å². The summed E-state index contributed by atoms with van der Waals surface area (Å²) in [5.74, 6) is -0.218. The van der Waals surface area contributed by atoms with Gasteiger partial charge in [-0.05, 0) is 25.0 Å². The summed E-state index contributed by atoms with van der Waals surface area (Å²) in [4.78, 5) is 39.2. The lowest BCUT2D eigenvalue weighted by molar-refractivity contribution is -0.142. The quantitative estimate of drug-likeness (QED) is 0.713. The topological polar surface area (TPSA) is 108 Å². The lowest BCUT2D eigenvalue weighted by atomic mass is 10.0. The molecular weight excluding hydrogens is 324 g/mol. The molecule has 3 aliphatic rings. The van der Waals surface area contributed by atoms with Crippen LogP contribution in [0, 0.1) is 5.92 Å². The maximum Gasteiger partial charge on any atom is 0.321 e. The van der Waals surface area contributed by atoms with Crippen LogP contribution >= 0.6 is 0 Å². The Labute approximate surface area is 144 Å². The number of rotatable bonds is 3. The summed E-state index contributed by atoms with van der Waals surface area (Å²) in [7, 11) is 0. The molecule has 2 aliphatic heterocycles. The van der Waals surface area contributed by atoms with Gasteiger partial charge in [0, 0.05) is 38.6 Å². The maximum absolute atomic E-state index is 12.5. The third-order valence-electron chi connectivity index (χ3n) is 4.90. The molecule has 1 aromatic heterocycles. The van der Waals surface area contributed by atoms with Crippen LogP contribution in [0.15, 0.2) is 12.1 Å². The summed E-state index contributed by atoms with van der Waals surface area (Å²) in [5, 5.41) is 13.2. The number of imide groups is 1. The minimum atomic E-state index is -0.845. The second kappa shape index (κ2) is 6.30. The standard InChI is InChI=1S/C16H20N6O3/c23-14-11(9-17-16(25)18-14)15(24)22-7-5-21(6-8-22)13-4-3-12(19-20-13)10-1-2-10/h3-4,10-11H,1-2,5-9H2,(H2,17,18,23,25). The smallest absolute Gasteiger partial charge is 0.321 e. The molecule has 1 saturated carbocycles.